The number of aromatic nitrogens is 1. The third-order valence-electron chi connectivity index (χ3n) is 1.62. The van der Waals surface area contributed by atoms with Crippen LogP contribution in [0.4, 0.5) is 13.2 Å². The van der Waals surface area contributed by atoms with Crippen molar-refractivity contribution in [1.82, 2.24) is 4.98 Å². The highest BCUT2D eigenvalue weighted by Gasteiger charge is 2.33. The minimum Gasteiger partial charge on any atom is -0.403 e. The van der Waals surface area contributed by atoms with Crippen molar-refractivity contribution < 1.29 is 26.3 Å². The number of hydrogen-bond donors (Lipinski definition) is 0. The van der Waals surface area contributed by atoms with E-state index in [4.69, 9.17) is 10.7 Å². The number of pyridine rings is 1. The van der Waals surface area contributed by atoms with Gasteiger partial charge in [-0.1, -0.05) is 0 Å². The van der Waals surface area contributed by atoms with Gasteiger partial charge >= 0.3 is 6.36 Å². The van der Waals surface area contributed by atoms with Gasteiger partial charge in [0, 0.05) is 16.2 Å². The van der Waals surface area contributed by atoms with Gasteiger partial charge in [0.2, 0.25) is 0 Å². The van der Waals surface area contributed by atoms with Crippen LogP contribution in [0.25, 0.3) is 0 Å². The molecular formula is C7H4BrClF3NO3S. The first kappa shape index (κ1) is 14.5. The van der Waals surface area contributed by atoms with E-state index in [2.05, 4.69) is 25.7 Å². The van der Waals surface area contributed by atoms with Gasteiger partial charge in [-0.3, -0.25) is 0 Å². The summed E-state index contributed by atoms with van der Waals surface area (Å²) in [6.45, 7) is 1.25. The van der Waals surface area contributed by atoms with E-state index in [-0.39, 0.29) is 10.0 Å². The highest BCUT2D eigenvalue weighted by atomic mass is 79.9. The predicted octanol–water partition coefficient (Wildman–Crippen LogP) is 2.98. The fourth-order valence-corrected chi connectivity index (χ4v) is 2.61. The lowest BCUT2D eigenvalue weighted by molar-refractivity contribution is -0.275. The van der Waals surface area contributed by atoms with Crippen LogP contribution in [0, 0.1) is 6.92 Å². The van der Waals surface area contributed by atoms with Crippen LogP contribution in [-0.2, 0) is 9.05 Å². The largest absolute Gasteiger partial charge is 0.573 e. The maximum absolute atomic E-state index is 12.0. The van der Waals surface area contributed by atoms with Crippen LogP contribution in [0.3, 0.4) is 0 Å². The van der Waals surface area contributed by atoms with Crippen molar-refractivity contribution in [3.8, 4) is 5.75 Å². The Kier molecular flexibility index (Phi) is 3.94. The topological polar surface area (TPSA) is 56.3 Å². The van der Waals surface area contributed by atoms with Crippen molar-refractivity contribution in [3.63, 3.8) is 0 Å². The molecule has 1 rings (SSSR count). The molecule has 0 saturated carbocycles. The summed E-state index contributed by atoms with van der Waals surface area (Å²) in [5.74, 6) is -0.640. The molecule has 1 heterocycles. The molecule has 0 aliphatic heterocycles. The van der Waals surface area contributed by atoms with Crippen molar-refractivity contribution in [1.29, 1.82) is 0 Å². The molecule has 0 saturated heterocycles. The normalized spacial score (nSPS) is 12.6. The molecule has 0 amide bonds. The summed E-state index contributed by atoms with van der Waals surface area (Å²) in [5.41, 5.74) is -0.0678. The van der Waals surface area contributed by atoms with Gasteiger partial charge in [-0.2, -0.15) is 0 Å². The van der Waals surface area contributed by atoms with Gasteiger partial charge in [0.05, 0.1) is 10.7 Å². The zero-order valence-electron chi connectivity index (χ0n) is 8.05. The zero-order valence-corrected chi connectivity index (χ0v) is 11.2. The van der Waals surface area contributed by atoms with Crippen LogP contribution >= 0.6 is 26.6 Å². The molecule has 1 aromatic heterocycles. The summed E-state index contributed by atoms with van der Waals surface area (Å²) in [5, 5.41) is -0.527. The molecule has 0 fully saturated rings. The summed E-state index contributed by atoms with van der Waals surface area (Å²) in [6.07, 6.45) is -4.27. The number of alkyl halides is 3. The molecule has 0 aliphatic rings. The third-order valence-corrected chi connectivity index (χ3v) is 3.92. The van der Waals surface area contributed by atoms with Crippen molar-refractivity contribution in [2.24, 2.45) is 0 Å². The van der Waals surface area contributed by atoms with E-state index < -0.39 is 26.2 Å². The lowest BCUT2D eigenvalue weighted by Crippen LogP contribution is -2.18. The Bertz CT molecular complexity index is 546. The van der Waals surface area contributed by atoms with Gasteiger partial charge in [0.1, 0.15) is 0 Å². The molecule has 0 N–H and O–H groups in total. The molecule has 17 heavy (non-hydrogen) atoms. The fourth-order valence-electron chi connectivity index (χ4n) is 0.991. The molecule has 0 bridgehead atoms. The molecule has 0 atom stereocenters. The van der Waals surface area contributed by atoms with Crippen molar-refractivity contribution in [2.45, 2.75) is 18.3 Å². The van der Waals surface area contributed by atoms with Crippen molar-refractivity contribution in [3.05, 3.63) is 16.2 Å². The Morgan fingerprint density at radius 1 is 1.47 bits per heavy atom. The van der Waals surface area contributed by atoms with Crippen LogP contribution in [-0.4, -0.2) is 19.8 Å². The Morgan fingerprint density at radius 2 is 2.00 bits per heavy atom. The van der Waals surface area contributed by atoms with E-state index in [1.165, 1.54) is 6.92 Å². The van der Waals surface area contributed by atoms with Gasteiger partial charge in [-0.15, -0.1) is 13.2 Å². The summed E-state index contributed by atoms with van der Waals surface area (Å²) < 4.78 is 61.4. The van der Waals surface area contributed by atoms with Gasteiger partial charge in [0.25, 0.3) is 9.05 Å². The summed E-state index contributed by atoms with van der Waals surface area (Å²) in [6, 6.07) is 0. The lowest BCUT2D eigenvalue weighted by Gasteiger charge is -2.12. The smallest absolute Gasteiger partial charge is 0.403 e. The van der Waals surface area contributed by atoms with Crippen LogP contribution in [0.5, 0.6) is 5.75 Å². The lowest BCUT2D eigenvalue weighted by atomic mass is 10.3. The van der Waals surface area contributed by atoms with Crippen LogP contribution < -0.4 is 4.74 Å². The number of nitrogens with zero attached hydrogens (tertiary/aromatic N) is 1. The first-order valence-electron chi connectivity index (χ1n) is 3.88. The molecule has 96 valence electrons. The Hall–Kier alpha value is -0.540. The Morgan fingerprint density at radius 3 is 2.41 bits per heavy atom. The third kappa shape index (κ3) is 3.71. The molecule has 1 aromatic rings. The fraction of sp³-hybridized carbons (Fsp3) is 0.286. The molecule has 10 heteroatoms. The Balaban J connectivity index is 3.30. The van der Waals surface area contributed by atoms with Crippen LogP contribution in [0.1, 0.15) is 5.56 Å². The Labute approximate surface area is 107 Å². The first-order valence-corrected chi connectivity index (χ1v) is 6.98. The van der Waals surface area contributed by atoms with E-state index in [1.54, 1.807) is 0 Å². The number of ether oxygens (including phenoxy) is 1. The first-order chi connectivity index (χ1) is 7.52. The van der Waals surface area contributed by atoms with Gasteiger partial charge in [0.15, 0.2) is 10.8 Å². The highest BCUT2D eigenvalue weighted by molar-refractivity contribution is 9.10. The standard InChI is InChI=1S/C7H4BrClF3NO3S/c1-3-5(8)4(16-7(10,11)12)2-13-6(3)17(9,14)15/h2H,1H3. The number of rotatable bonds is 2. The van der Waals surface area contributed by atoms with E-state index in [0.29, 0.717) is 6.20 Å². The molecular weight excluding hydrogens is 350 g/mol. The van der Waals surface area contributed by atoms with E-state index in [9.17, 15) is 21.6 Å². The quantitative estimate of drug-likeness (QED) is 0.766. The highest BCUT2D eigenvalue weighted by Crippen LogP contribution is 2.35. The van der Waals surface area contributed by atoms with Gasteiger partial charge < -0.3 is 4.74 Å². The monoisotopic (exact) mass is 353 g/mol. The average Bonchev–Trinajstić information content (AvgIpc) is 2.08. The molecule has 0 unspecified atom stereocenters. The second-order valence-electron chi connectivity index (χ2n) is 2.85. The van der Waals surface area contributed by atoms with E-state index >= 15 is 0 Å². The minimum atomic E-state index is -4.89. The molecule has 0 aliphatic carbocycles. The van der Waals surface area contributed by atoms with Gasteiger partial charge in [-0.05, 0) is 22.9 Å². The number of hydrogen-bond acceptors (Lipinski definition) is 4. The van der Waals surface area contributed by atoms with Crippen LogP contribution in [0.2, 0.25) is 0 Å². The van der Waals surface area contributed by atoms with E-state index in [0.717, 1.165) is 0 Å². The minimum absolute atomic E-state index is 0.0678. The second kappa shape index (κ2) is 4.62. The summed E-state index contributed by atoms with van der Waals surface area (Å²) in [7, 11) is 0.925. The molecule has 0 aromatic carbocycles. The zero-order chi connectivity index (χ0) is 13.4. The van der Waals surface area contributed by atoms with Crippen molar-refractivity contribution >= 4 is 35.7 Å². The summed E-state index contributed by atoms with van der Waals surface area (Å²) >= 11 is 2.79. The van der Waals surface area contributed by atoms with Crippen molar-refractivity contribution in [2.75, 3.05) is 0 Å². The van der Waals surface area contributed by atoms with Crippen LogP contribution in [0.15, 0.2) is 15.7 Å². The molecule has 4 nitrogen and oxygen atoms in total. The maximum Gasteiger partial charge on any atom is 0.573 e. The maximum atomic E-state index is 12.0. The number of halogens is 5. The SMILES string of the molecule is Cc1c(S(=O)(=O)Cl)ncc(OC(F)(F)F)c1Br. The molecule has 0 radical (unpaired) electrons. The average molecular weight is 355 g/mol. The summed E-state index contributed by atoms with van der Waals surface area (Å²) in [4.78, 5) is 3.32. The second-order valence-corrected chi connectivity index (χ2v) is 6.13. The molecule has 0 spiro atoms. The predicted molar refractivity (Wildman–Crippen MR) is 56.4 cm³/mol. The van der Waals surface area contributed by atoms with E-state index in [1.807, 2.05) is 0 Å². The van der Waals surface area contributed by atoms with Gasteiger partial charge in [-0.25, -0.2) is 13.4 Å².